The third kappa shape index (κ3) is 12.8. The monoisotopic (exact) mass is 258 g/mol. The predicted octanol–water partition coefficient (Wildman–Crippen LogP) is -1.77. The van der Waals surface area contributed by atoms with E-state index in [1.165, 1.54) is 0 Å². The number of hydrogen-bond acceptors (Lipinski definition) is 6. The molecule has 0 aromatic heterocycles. The summed E-state index contributed by atoms with van der Waals surface area (Å²) in [5.41, 5.74) is 0. The Morgan fingerprint density at radius 3 is 1.62 bits per heavy atom. The van der Waals surface area contributed by atoms with Crippen LogP contribution in [-0.4, -0.2) is 50.1 Å². The van der Waals surface area contributed by atoms with Gasteiger partial charge in [-0.1, -0.05) is 0 Å². The molecule has 0 aromatic rings. The number of carboxylic acid groups (broad SMARTS) is 1. The van der Waals surface area contributed by atoms with Crippen LogP contribution in [0.25, 0.3) is 0 Å². The summed E-state index contributed by atoms with van der Waals surface area (Å²) < 4.78 is 13.5. The molecular weight excluding hydrogens is 247 g/mol. The average molecular weight is 258 g/mol. The fourth-order valence-corrected chi connectivity index (χ4v) is 0.598. The molecule has 0 unspecified atom stereocenters. The maximum absolute atomic E-state index is 9.89. The smallest absolute Gasteiger partial charge is 0.475 e. The number of rotatable bonds is 5. The fraction of sp³-hybridized carbons (Fsp3) is 0.333. The number of Topliss-reactive ketones (excluding diaryl/α,β-unsaturated/α-hetero) is 1. The molecule has 0 fully saturated rings. The molecule has 9 nitrogen and oxygen atoms in total. The molecule has 94 valence electrons. The van der Waals surface area contributed by atoms with E-state index in [1.54, 1.807) is 0 Å². The predicted molar refractivity (Wildman–Crippen MR) is 49.1 cm³/mol. The van der Waals surface area contributed by atoms with Gasteiger partial charge in [-0.3, -0.25) is 14.6 Å². The summed E-state index contributed by atoms with van der Waals surface area (Å²) in [5, 5.41) is 23.6. The molecule has 0 heterocycles. The molecule has 16 heavy (non-hydrogen) atoms. The maximum Gasteiger partial charge on any atom is 0.525 e. The molecule has 0 saturated carbocycles. The summed E-state index contributed by atoms with van der Waals surface area (Å²) in [6.07, 6.45) is 0. The van der Waals surface area contributed by atoms with E-state index < -0.39 is 38.5 Å². The van der Waals surface area contributed by atoms with Gasteiger partial charge in [0.05, 0.1) is 0 Å². The lowest BCUT2D eigenvalue weighted by Gasteiger charge is -2.03. The second kappa shape index (κ2) is 7.97. The van der Waals surface area contributed by atoms with Crippen LogP contribution in [0.5, 0.6) is 0 Å². The maximum atomic E-state index is 9.89. The topological polar surface area (TPSA) is 162 Å². The molecule has 0 aliphatic heterocycles. The van der Waals surface area contributed by atoms with Crippen LogP contribution in [0.4, 0.5) is 0 Å². The molecule has 0 rings (SSSR count). The van der Waals surface area contributed by atoms with Crippen LogP contribution in [0, 0.1) is 0 Å². The van der Waals surface area contributed by atoms with Crippen molar-refractivity contribution in [2.45, 2.75) is 0 Å². The number of aliphatic hydroxyl groups excluding tert-OH is 2. The molecule has 0 saturated heterocycles. The highest BCUT2D eigenvalue weighted by Gasteiger charge is 2.19. The zero-order chi connectivity index (χ0) is 13.4. The van der Waals surface area contributed by atoms with E-state index >= 15 is 0 Å². The summed E-state index contributed by atoms with van der Waals surface area (Å²) >= 11 is 0. The van der Waals surface area contributed by atoms with Crippen molar-refractivity contribution >= 4 is 19.6 Å². The minimum absolute atomic E-state index is 0.546. The molecule has 0 radical (unpaired) electrons. The van der Waals surface area contributed by atoms with Crippen molar-refractivity contribution in [1.82, 2.24) is 0 Å². The standard InChI is InChI=1S/C3H5O6P.C3H6O3/c1-2(3(4)5)9-10(6,7)8;4-1-3(6)2-5/h1H2,(H,4,5)(H2,6,7,8);4-5H,1-2H2. The van der Waals surface area contributed by atoms with Gasteiger partial charge in [-0.2, -0.15) is 0 Å². The summed E-state index contributed by atoms with van der Waals surface area (Å²) in [5.74, 6) is -3.13. The number of aliphatic hydroxyl groups is 2. The van der Waals surface area contributed by atoms with Gasteiger partial charge in [0, 0.05) is 0 Å². The number of carboxylic acids is 1. The second-order valence-electron chi connectivity index (χ2n) is 2.17. The van der Waals surface area contributed by atoms with Crippen LogP contribution in [0.3, 0.4) is 0 Å². The average Bonchev–Trinajstić information content (AvgIpc) is 2.14. The molecule has 0 aliphatic rings. The normalized spacial score (nSPS) is 9.75. The van der Waals surface area contributed by atoms with Gasteiger partial charge in [-0.15, -0.1) is 0 Å². The summed E-state index contributed by atoms with van der Waals surface area (Å²) in [4.78, 5) is 35.5. The third-order valence-electron chi connectivity index (χ3n) is 0.820. The molecular formula is C6H11O9P. The van der Waals surface area contributed by atoms with Gasteiger partial charge in [0.25, 0.3) is 0 Å². The van der Waals surface area contributed by atoms with Crippen LogP contribution in [0.15, 0.2) is 12.3 Å². The highest BCUT2D eigenvalue weighted by molar-refractivity contribution is 7.46. The molecule has 5 N–H and O–H groups in total. The Bertz CT molecular complexity index is 297. The minimum atomic E-state index is -4.76. The van der Waals surface area contributed by atoms with E-state index in [4.69, 9.17) is 25.1 Å². The van der Waals surface area contributed by atoms with Crippen LogP contribution >= 0.6 is 7.82 Å². The van der Waals surface area contributed by atoms with Gasteiger partial charge in [0.15, 0.2) is 5.78 Å². The molecule has 0 aliphatic carbocycles. The lowest BCUT2D eigenvalue weighted by atomic mass is 10.5. The molecule has 0 bridgehead atoms. The van der Waals surface area contributed by atoms with Crippen LogP contribution in [0.1, 0.15) is 0 Å². The zero-order valence-electron chi connectivity index (χ0n) is 7.94. The first-order chi connectivity index (χ1) is 7.14. The van der Waals surface area contributed by atoms with Crippen LogP contribution in [0.2, 0.25) is 0 Å². The largest absolute Gasteiger partial charge is 0.525 e. The number of ketones is 1. The van der Waals surface area contributed by atoms with E-state index in [1.807, 2.05) is 0 Å². The Balaban J connectivity index is 0. The Morgan fingerprint density at radius 2 is 1.56 bits per heavy atom. The molecule has 10 heteroatoms. The highest BCUT2D eigenvalue weighted by Crippen LogP contribution is 2.38. The van der Waals surface area contributed by atoms with Crippen LogP contribution in [-0.2, 0) is 18.7 Å². The van der Waals surface area contributed by atoms with E-state index in [0.717, 1.165) is 0 Å². The van der Waals surface area contributed by atoms with Gasteiger partial charge in [0.1, 0.15) is 13.2 Å². The van der Waals surface area contributed by atoms with Crippen molar-refractivity contribution in [1.29, 1.82) is 0 Å². The van der Waals surface area contributed by atoms with Crippen molar-refractivity contribution in [2.24, 2.45) is 0 Å². The van der Waals surface area contributed by atoms with Crippen molar-refractivity contribution in [3.63, 3.8) is 0 Å². The van der Waals surface area contributed by atoms with Gasteiger partial charge >= 0.3 is 13.8 Å². The number of hydrogen-bond donors (Lipinski definition) is 5. The highest BCUT2D eigenvalue weighted by atomic mass is 31.2. The first kappa shape index (κ1) is 17.2. The fourth-order valence-electron chi connectivity index (χ4n) is 0.233. The summed E-state index contributed by atoms with van der Waals surface area (Å²) in [6.45, 7) is 1.61. The molecule has 0 aromatic carbocycles. The molecule has 0 atom stereocenters. The van der Waals surface area contributed by atoms with Crippen molar-refractivity contribution in [3.05, 3.63) is 12.3 Å². The quantitative estimate of drug-likeness (QED) is 0.218. The van der Waals surface area contributed by atoms with E-state index in [0.29, 0.717) is 0 Å². The van der Waals surface area contributed by atoms with Gasteiger partial charge in [0.2, 0.25) is 5.76 Å². The van der Waals surface area contributed by atoms with Crippen molar-refractivity contribution < 1.29 is 43.8 Å². The Hall–Kier alpha value is -1.25. The zero-order valence-corrected chi connectivity index (χ0v) is 8.83. The molecule has 0 spiro atoms. The van der Waals surface area contributed by atoms with Crippen molar-refractivity contribution in [3.8, 4) is 0 Å². The summed E-state index contributed by atoms with van der Waals surface area (Å²) in [6, 6.07) is 0. The lowest BCUT2D eigenvalue weighted by molar-refractivity contribution is -0.135. The lowest BCUT2D eigenvalue weighted by Crippen LogP contribution is -2.07. The minimum Gasteiger partial charge on any atom is -0.475 e. The van der Waals surface area contributed by atoms with Gasteiger partial charge in [-0.25, -0.2) is 9.36 Å². The van der Waals surface area contributed by atoms with E-state index in [2.05, 4.69) is 11.1 Å². The second-order valence-corrected chi connectivity index (χ2v) is 3.33. The van der Waals surface area contributed by atoms with Gasteiger partial charge < -0.3 is 19.8 Å². The van der Waals surface area contributed by atoms with Crippen LogP contribution < -0.4 is 0 Å². The van der Waals surface area contributed by atoms with E-state index in [-0.39, 0.29) is 0 Å². The first-order valence-corrected chi connectivity index (χ1v) is 5.07. The van der Waals surface area contributed by atoms with Crippen molar-refractivity contribution in [2.75, 3.05) is 13.2 Å². The third-order valence-corrected chi connectivity index (χ3v) is 1.28. The molecule has 0 amide bonds. The summed E-state index contributed by atoms with van der Waals surface area (Å²) in [7, 11) is -4.76. The number of aliphatic carboxylic acids is 1. The number of carbonyl (C=O) groups excluding carboxylic acids is 1. The Kier molecular flexibility index (Phi) is 8.54. The van der Waals surface area contributed by atoms with Gasteiger partial charge in [-0.05, 0) is 6.58 Å². The van der Waals surface area contributed by atoms with E-state index in [9.17, 15) is 14.2 Å². The SMILES string of the molecule is C=C(OP(=O)(O)O)C(=O)O.O=C(CO)CO. The number of phosphoric acid groups is 1. The first-order valence-electron chi connectivity index (χ1n) is 3.54. The Labute approximate surface area is 89.8 Å². The Morgan fingerprint density at radius 1 is 1.19 bits per heavy atom. The number of phosphoric ester groups is 1. The number of carbonyl (C=O) groups is 2.